The van der Waals surface area contributed by atoms with Gasteiger partial charge in [0.2, 0.25) is 5.91 Å². The quantitative estimate of drug-likeness (QED) is 0.704. The number of hydrogen-bond acceptors (Lipinski definition) is 5. The summed E-state index contributed by atoms with van der Waals surface area (Å²) < 4.78 is 15.7. The van der Waals surface area contributed by atoms with Crippen LogP contribution >= 0.6 is 0 Å². The van der Waals surface area contributed by atoms with Crippen LogP contribution in [-0.4, -0.2) is 39.2 Å². The van der Waals surface area contributed by atoms with E-state index < -0.39 is 0 Å². The van der Waals surface area contributed by atoms with Crippen LogP contribution < -0.4 is 24.8 Å². The Hall–Kier alpha value is -3.22. The smallest absolute Gasteiger partial charge is 0.251 e. The van der Waals surface area contributed by atoms with Crippen molar-refractivity contribution < 1.29 is 23.8 Å². The number of benzene rings is 2. The highest BCUT2D eigenvalue weighted by molar-refractivity contribution is 5.96. The van der Waals surface area contributed by atoms with E-state index in [0.717, 1.165) is 5.56 Å². The third kappa shape index (κ3) is 5.91. The van der Waals surface area contributed by atoms with Gasteiger partial charge in [-0.15, -0.1) is 0 Å². The fraction of sp³-hybridized carbons (Fsp3) is 0.300. The van der Waals surface area contributed by atoms with Crippen LogP contribution in [0, 0.1) is 0 Å². The maximum Gasteiger partial charge on any atom is 0.251 e. The molecule has 7 heteroatoms. The molecule has 2 aromatic carbocycles. The summed E-state index contributed by atoms with van der Waals surface area (Å²) in [5.74, 6) is 1.30. The Kier molecular flexibility index (Phi) is 7.49. The number of methoxy groups -OCH3 is 2. The molecule has 0 heterocycles. The Morgan fingerprint density at radius 1 is 0.926 bits per heavy atom. The molecule has 0 fully saturated rings. The monoisotopic (exact) mass is 372 g/mol. The third-order valence-corrected chi connectivity index (χ3v) is 3.77. The lowest BCUT2D eigenvalue weighted by atomic mass is 10.2. The van der Waals surface area contributed by atoms with Crippen LogP contribution in [0.15, 0.2) is 42.5 Å². The Morgan fingerprint density at radius 2 is 1.63 bits per heavy atom. The average Bonchev–Trinajstić information content (AvgIpc) is 2.71. The summed E-state index contributed by atoms with van der Waals surface area (Å²) in [4.78, 5) is 24.1. The van der Waals surface area contributed by atoms with Crippen LogP contribution in [0.5, 0.6) is 17.2 Å². The molecule has 7 nitrogen and oxygen atoms in total. The fourth-order valence-corrected chi connectivity index (χ4v) is 2.39. The number of rotatable bonds is 9. The number of amides is 2. The van der Waals surface area contributed by atoms with Gasteiger partial charge in [0.1, 0.15) is 5.75 Å². The molecule has 144 valence electrons. The van der Waals surface area contributed by atoms with Crippen molar-refractivity contribution in [2.45, 2.75) is 13.5 Å². The second kappa shape index (κ2) is 10.1. The van der Waals surface area contributed by atoms with Gasteiger partial charge < -0.3 is 24.8 Å². The van der Waals surface area contributed by atoms with Crippen molar-refractivity contribution in [3.8, 4) is 17.2 Å². The Morgan fingerprint density at radius 3 is 2.26 bits per heavy atom. The van der Waals surface area contributed by atoms with Gasteiger partial charge in [0.25, 0.3) is 5.91 Å². The first-order chi connectivity index (χ1) is 13.1. The third-order valence-electron chi connectivity index (χ3n) is 3.77. The van der Waals surface area contributed by atoms with E-state index in [1.807, 2.05) is 13.0 Å². The molecule has 0 aliphatic rings. The van der Waals surface area contributed by atoms with Crippen molar-refractivity contribution in [1.29, 1.82) is 0 Å². The van der Waals surface area contributed by atoms with Crippen LogP contribution in [0.4, 0.5) is 0 Å². The first-order valence-electron chi connectivity index (χ1n) is 8.56. The predicted octanol–water partition coefficient (Wildman–Crippen LogP) is 2.15. The molecule has 2 N–H and O–H groups in total. The standard InChI is InChI=1S/C20H24N2O5/c1-4-27-16-8-6-15(7-9-16)20(24)22-13-19(23)21-12-14-5-10-17(25-2)18(11-14)26-3/h5-11H,4,12-13H2,1-3H3,(H,21,23)(H,22,24). The SMILES string of the molecule is CCOc1ccc(C(=O)NCC(=O)NCc2ccc(OC)c(OC)c2)cc1. The molecular formula is C20H24N2O5. The Bertz CT molecular complexity index is 774. The molecule has 0 radical (unpaired) electrons. The summed E-state index contributed by atoms with van der Waals surface area (Å²) in [6.07, 6.45) is 0. The van der Waals surface area contributed by atoms with Gasteiger partial charge in [0, 0.05) is 12.1 Å². The second-order valence-corrected chi connectivity index (χ2v) is 5.61. The minimum absolute atomic E-state index is 0.112. The largest absolute Gasteiger partial charge is 0.494 e. The van der Waals surface area contributed by atoms with E-state index >= 15 is 0 Å². The van der Waals surface area contributed by atoms with Gasteiger partial charge in [-0.25, -0.2) is 0 Å². The first kappa shape index (κ1) is 20.1. The van der Waals surface area contributed by atoms with E-state index in [1.165, 1.54) is 0 Å². The molecule has 0 bridgehead atoms. The molecule has 0 saturated carbocycles. The highest BCUT2D eigenvalue weighted by Gasteiger charge is 2.09. The Labute approximate surface area is 158 Å². The zero-order valence-electron chi connectivity index (χ0n) is 15.7. The number of ether oxygens (including phenoxy) is 3. The molecule has 0 atom stereocenters. The molecule has 0 unspecified atom stereocenters. The van der Waals surface area contributed by atoms with Crippen molar-refractivity contribution in [3.63, 3.8) is 0 Å². The van der Waals surface area contributed by atoms with Gasteiger partial charge in [0.05, 0.1) is 27.4 Å². The van der Waals surface area contributed by atoms with E-state index in [0.29, 0.717) is 36.0 Å². The molecular weight excluding hydrogens is 348 g/mol. The zero-order chi connectivity index (χ0) is 19.6. The van der Waals surface area contributed by atoms with Crippen LogP contribution in [-0.2, 0) is 11.3 Å². The van der Waals surface area contributed by atoms with Crippen molar-refractivity contribution in [1.82, 2.24) is 10.6 Å². The minimum atomic E-state index is -0.320. The molecule has 0 saturated heterocycles. The summed E-state index contributed by atoms with van der Waals surface area (Å²) in [6.45, 7) is 2.66. The van der Waals surface area contributed by atoms with Crippen LogP contribution in [0.2, 0.25) is 0 Å². The summed E-state index contributed by atoms with van der Waals surface area (Å²) in [5, 5.41) is 5.34. The van der Waals surface area contributed by atoms with Crippen molar-refractivity contribution in [2.75, 3.05) is 27.4 Å². The number of nitrogens with one attached hydrogen (secondary N) is 2. The predicted molar refractivity (Wildman–Crippen MR) is 101 cm³/mol. The number of carbonyl (C=O) groups excluding carboxylic acids is 2. The van der Waals surface area contributed by atoms with Crippen molar-refractivity contribution in [3.05, 3.63) is 53.6 Å². The lowest BCUT2D eigenvalue weighted by Crippen LogP contribution is -2.36. The number of carbonyl (C=O) groups is 2. The molecule has 0 spiro atoms. The highest BCUT2D eigenvalue weighted by atomic mass is 16.5. The minimum Gasteiger partial charge on any atom is -0.494 e. The zero-order valence-corrected chi connectivity index (χ0v) is 15.7. The van der Waals surface area contributed by atoms with Gasteiger partial charge in [-0.2, -0.15) is 0 Å². The normalized spacial score (nSPS) is 10.0. The second-order valence-electron chi connectivity index (χ2n) is 5.61. The van der Waals surface area contributed by atoms with Crippen LogP contribution in [0.25, 0.3) is 0 Å². The van der Waals surface area contributed by atoms with Crippen LogP contribution in [0.3, 0.4) is 0 Å². The molecule has 0 aliphatic carbocycles. The first-order valence-corrected chi connectivity index (χ1v) is 8.56. The molecule has 27 heavy (non-hydrogen) atoms. The molecule has 0 aromatic heterocycles. The van der Waals surface area contributed by atoms with E-state index in [4.69, 9.17) is 14.2 Å². The lowest BCUT2D eigenvalue weighted by Gasteiger charge is -2.11. The molecule has 2 aromatic rings. The summed E-state index contributed by atoms with van der Waals surface area (Å²) in [5.41, 5.74) is 1.32. The van der Waals surface area contributed by atoms with Gasteiger partial charge in [-0.1, -0.05) is 6.07 Å². The van der Waals surface area contributed by atoms with E-state index in [-0.39, 0.29) is 18.4 Å². The van der Waals surface area contributed by atoms with E-state index in [1.54, 1.807) is 50.6 Å². The van der Waals surface area contributed by atoms with Gasteiger partial charge in [-0.3, -0.25) is 9.59 Å². The lowest BCUT2D eigenvalue weighted by molar-refractivity contribution is -0.120. The number of hydrogen-bond donors (Lipinski definition) is 2. The average molecular weight is 372 g/mol. The van der Waals surface area contributed by atoms with E-state index in [2.05, 4.69) is 10.6 Å². The molecule has 2 amide bonds. The van der Waals surface area contributed by atoms with E-state index in [9.17, 15) is 9.59 Å². The van der Waals surface area contributed by atoms with Crippen molar-refractivity contribution in [2.24, 2.45) is 0 Å². The van der Waals surface area contributed by atoms with Gasteiger partial charge in [-0.05, 0) is 48.9 Å². The van der Waals surface area contributed by atoms with Crippen molar-refractivity contribution >= 4 is 11.8 Å². The maximum absolute atomic E-state index is 12.1. The van der Waals surface area contributed by atoms with Gasteiger partial charge in [0.15, 0.2) is 11.5 Å². The topological polar surface area (TPSA) is 85.9 Å². The summed E-state index contributed by atoms with van der Waals surface area (Å²) >= 11 is 0. The summed E-state index contributed by atoms with van der Waals surface area (Å²) in [6, 6.07) is 12.1. The molecule has 2 rings (SSSR count). The fourth-order valence-electron chi connectivity index (χ4n) is 2.39. The Balaban J connectivity index is 1.81. The highest BCUT2D eigenvalue weighted by Crippen LogP contribution is 2.27. The van der Waals surface area contributed by atoms with Gasteiger partial charge >= 0.3 is 0 Å². The molecule has 0 aliphatic heterocycles. The maximum atomic E-state index is 12.1. The van der Waals surface area contributed by atoms with Crippen LogP contribution in [0.1, 0.15) is 22.8 Å². The summed E-state index contributed by atoms with van der Waals surface area (Å²) in [7, 11) is 3.11.